The van der Waals surface area contributed by atoms with Gasteiger partial charge in [0, 0.05) is 5.41 Å². The number of thioether (sulfide) groups is 1. The molecule has 92 valence electrons. The van der Waals surface area contributed by atoms with Gasteiger partial charge in [-0.2, -0.15) is 11.8 Å². The second-order valence-electron chi connectivity index (χ2n) is 5.57. The minimum absolute atomic E-state index is 0.441. The smallest absolute Gasteiger partial charge is 0.0927 e. The fourth-order valence-electron chi connectivity index (χ4n) is 2.49. The molecule has 2 heteroatoms. The molecule has 0 atom stereocenters. The molecule has 2 fully saturated rings. The van der Waals surface area contributed by atoms with Gasteiger partial charge in [-0.15, -0.1) is 0 Å². The van der Waals surface area contributed by atoms with Gasteiger partial charge in [0.1, 0.15) is 0 Å². The van der Waals surface area contributed by atoms with Gasteiger partial charge in [-0.3, -0.25) is 0 Å². The average Bonchev–Trinajstić information content (AvgIpc) is 2.31. The summed E-state index contributed by atoms with van der Waals surface area (Å²) in [6.45, 7) is 3.31. The second kappa shape index (κ2) is 6.00. The van der Waals surface area contributed by atoms with E-state index in [2.05, 4.69) is 24.9 Å². The number of hydrogen-bond acceptors (Lipinski definition) is 2. The predicted molar refractivity (Wildman–Crippen MR) is 71.8 cm³/mol. The monoisotopic (exact) mass is 240 g/mol. The molecule has 1 saturated heterocycles. The first-order chi connectivity index (χ1) is 7.79. The molecule has 0 N–H and O–H groups in total. The van der Waals surface area contributed by atoms with Crippen LogP contribution in [0.1, 0.15) is 51.9 Å². The average molecular weight is 240 g/mol. The van der Waals surface area contributed by atoms with E-state index in [0.717, 1.165) is 6.61 Å². The van der Waals surface area contributed by atoms with Crippen molar-refractivity contribution in [3.8, 4) is 0 Å². The Morgan fingerprint density at radius 3 is 2.56 bits per heavy atom. The predicted octanol–water partition coefficient (Wildman–Crippen LogP) is 4.38. The Bertz CT molecular complexity index is 233. The molecule has 2 rings (SSSR count). The van der Waals surface area contributed by atoms with Crippen LogP contribution in [0, 0.1) is 5.41 Å². The number of hydrogen-bond donors (Lipinski definition) is 0. The van der Waals surface area contributed by atoms with Crippen molar-refractivity contribution in [1.29, 1.82) is 0 Å². The summed E-state index contributed by atoms with van der Waals surface area (Å²) >= 11 is 2.09. The lowest BCUT2D eigenvalue weighted by Gasteiger charge is -2.32. The lowest BCUT2D eigenvalue weighted by molar-refractivity contribution is 0.112. The highest BCUT2D eigenvalue weighted by Gasteiger charge is 2.27. The van der Waals surface area contributed by atoms with Crippen molar-refractivity contribution in [3.63, 3.8) is 0 Å². The summed E-state index contributed by atoms with van der Waals surface area (Å²) in [7, 11) is 0. The van der Waals surface area contributed by atoms with Crippen LogP contribution in [0.3, 0.4) is 0 Å². The minimum atomic E-state index is 0.441. The van der Waals surface area contributed by atoms with Crippen LogP contribution in [-0.4, -0.2) is 18.1 Å². The third kappa shape index (κ3) is 3.73. The molecule has 1 aliphatic carbocycles. The molecular formula is C14H24OS. The lowest BCUT2D eigenvalue weighted by atomic mass is 9.85. The van der Waals surface area contributed by atoms with Crippen molar-refractivity contribution < 1.29 is 4.74 Å². The Morgan fingerprint density at radius 1 is 1.19 bits per heavy atom. The summed E-state index contributed by atoms with van der Waals surface area (Å²) in [5.74, 6) is 2.63. The highest BCUT2D eigenvalue weighted by Crippen LogP contribution is 2.35. The maximum absolute atomic E-state index is 5.84. The van der Waals surface area contributed by atoms with Gasteiger partial charge < -0.3 is 4.74 Å². The van der Waals surface area contributed by atoms with Gasteiger partial charge in [0.25, 0.3) is 0 Å². The van der Waals surface area contributed by atoms with Crippen LogP contribution in [0.25, 0.3) is 0 Å². The number of rotatable bonds is 3. The van der Waals surface area contributed by atoms with E-state index in [9.17, 15) is 0 Å². The summed E-state index contributed by atoms with van der Waals surface area (Å²) in [6, 6.07) is 0. The van der Waals surface area contributed by atoms with E-state index in [1.807, 2.05) is 0 Å². The molecule has 0 aromatic heterocycles. The van der Waals surface area contributed by atoms with Crippen molar-refractivity contribution in [2.75, 3.05) is 18.1 Å². The minimum Gasteiger partial charge on any atom is -0.501 e. The third-order valence-corrected chi connectivity index (χ3v) is 4.86. The highest BCUT2D eigenvalue weighted by atomic mass is 32.2. The summed E-state index contributed by atoms with van der Waals surface area (Å²) in [5.41, 5.74) is 1.98. The largest absolute Gasteiger partial charge is 0.501 e. The van der Waals surface area contributed by atoms with Gasteiger partial charge in [0.05, 0.1) is 12.9 Å². The van der Waals surface area contributed by atoms with Gasteiger partial charge in [-0.05, 0) is 55.6 Å². The van der Waals surface area contributed by atoms with E-state index in [1.54, 1.807) is 5.57 Å². The quantitative estimate of drug-likeness (QED) is 0.677. The van der Waals surface area contributed by atoms with Crippen molar-refractivity contribution in [2.24, 2.45) is 5.41 Å². The first-order valence-corrected chi connectivity index (χ1v) is 7.81. The van der Waals surface area contributed by atoms with Crippen molar-refractivity contribution >= 4 is 11.8 Å². The molecule has 0 aromatic rings. The summed E-state index contributed by atoms with van der Waals surface area (Å²) in [6.07, 6.45) is 11.4. The first-order valence-electron chi connectivity index (χ1n) is 6.66. The number of allylic oxidation sites excluding steroid dienone is 1. The van der Waals surface area contributed by atoms with Gasteiger partial charge in [0.15, 0.2) is 0 Å². The molecule has 0 spiro atoms. The van der Waals surface area contributed by atoms with Crippen molar-refractivity contribution in [1.82, 2.24) is 0 Å². The van der Waals surface area contributed by atoms with Crippen LogP contribution < -0.4 is 0 Å². The summed E-state index contributed by atoms with van der Waals surface area (Å²) in [4.78, 5) is 0. The van der Waals surface area contributed by atoms with Gasteiger partial charge in [-0.1, -0.05) is 13.3 Å². The molecule has 1 aliphatic heterocycles. The Hall–Kier alpha value is -0.110. The zero-order valence-corrected chi connectivity index (χ0v) is 11.3. The SMILES string of the molecule is CC1(COC=C2CCCCC2)CCSCC1. The maximum atomic E-state index is 5.84. The topological polar surface area (TPSA) is 9.23 Å². The van der Waals surface area contributed by atoms with Gasteiger partial charge >= 0.3 is 0 Å². The van der Waals surface area contributed by atoms with Crippen LogP contribution >= 0.6 is 11.8 Å². The van der Waals surface area contributed by atoms with E-state index in [-0.39, 0.29) is 0 Å². The first kappa shape index (κ1) is 12.3. The molecule has 1 heterocycles. The van der Waals surface area contributed by atoms with E-state index in [0.29, 0.717) is 5.41 Å². The van der Waals surface area contributed by atoms with E-state index >= 15 is 0 Å². The van der Waals surface area contributed by atoms with Crippen LogP contribution in [0.15, 0.2) is 11.8 Å². The van der Waals surface area contributed by atoms with Crippen LogP contribution in [0.2, 0.25) is 0 Å². The molecule has 1 saturated carbocycles. The molecule has 16 heavy (non-hydrogen) atoms. The molecule has 0 radical (unpaired) electrons. The normalized spacial score (nSPS) is 25.2. The zero-order chi connectivity index (χ0) is 11.3. The molecule has 0 amide bonds. The van der Waals surface area contributed by atoms with Crippen molar-refractivity contribution in [3.05, 3.63) is 11.8 Å². The molecule has 2 aliphatic rings. The van der Waals surface area contributed by atoms with Gasteiger partial charge in [0.2, 0.25) is 0 Å². The fourth-order valence-corrected chi connectivity index (χ4v) is 3.97. The second-order valence-corrected chi connectivity index (χ2v) is 6.80. The molecule has 0 bridgehead atoms. The van der Waals surface area contributed by atoms with Crippen LogP contribution in [0.5, 0.6) is 0 Å². The molecule has 0 unspecified atom stereocenters. The standard InChI is InChI=1S/C14H24OS/c1-14(7-9-16-10-8-14)12-15-11-13-5-3-2-4-6-13/h11H,2-10,12H2,1H3. The Morgan fingerprint density at radius 2 is 1.88 bits per heavy atom. The summed E-state index contributed by atoms with van der Waals surface area (Å²) in [5, 5.41) is 0. The molecule has 0 aromatic carbocycles. The Kier molecular flexibility index (Phi) is 4.63. The molecule has 1 nitrogen and oxygen atoms in total. The highest BCUT2D eigenvalue weighted by molar-refractivity contribution is 7.99. The summed E-state index contributed by atoms with van der Waals surface area (Å²) < 4.78 is 5.84. The zero-order valence-electron chi connectivity index (χ0n) is 10.5. The van der Waals surface area contributed by atoms with E-state index < -0.39 is 0 Å². The van der Waals surface area contributed by atoms with Gasteiger partial charge in [-0.25, -0.2) is 0 Å². The van der Waals surface area contributed by atoms with E-state index in [1.165, 1.54) is 56.5 Å². The van der Waals surface area contributed by atoms with Crippen LogP contribution in [-0.2, 0) is 4.74 Å². The van der Waals surface area contributed by atoms with Crippen molar-refractivity contribution in [2.45, 2.75) is 51.9 Å². The fraction of sp³-hybridized carbons (Fsp3) is 0.857. The third-order valence-electron chi connectivity index (χ3n) is 3.88. The Labute approximate surface area is 104 Å². The maximum Gasteiger partial charge on any atom is 0.0927 e. The molecular weight excluding hydrogens is 216 g/mol. The lowest BCUT2D eigenvalue weighted by Crippen LogP contribution is -2.27. The Balaban J connectivity index is 1.73. The number of ether oxygens (including phenoxy) is 1. The van der Waals surface area contributed by atoms with Crippen LogP contribution in [0.4, 0.5) is 0 Å². The van der Waals surface area contributed by atoms with E-state index in [4.69, 9.17) is 4.74 Å².